The zero-order valence-corrected chi connectivity index (χ0v) is 100. The van der Waals surface area contributed by atoms with Gasteiger partial charge >= 0.3 is 8.80 Å². The lowest BCUT2D eigenvalue weighted by Gasteiger charge is -2.59. The van der Waals surface area contributed by atoms with Crippen molar-refractivity contribution in [2.75, 3.05) is 48.0 Å². The summed E-state index contributed by atoms with van der Waals surface area (Å²) in [6.07, 6.45) is 11.5. The van der Waals surface area contributed by atoms with E-state index in [0.717, 1.165) is 246 Å². The summed E-state index contributed by atoms with van der Waals surface area (Å²) in [5, 5.41) is 7.95. The van der Waals surface area contributed by atoms with Crippen LogP contribution in [0.1, 0.15) is 77.0 Å². The molecule has 0 fully saturated rings. The van der Waals surface area contributed by atoms with E-state index in [0.29, 0.717) is 0 Å². The molecule has 98 heavy (non-hydrogen) atoms. The molecular formula is C61H147Br9O12Si16. The molecule has 0 aromatic carbocycles. The van der Waals surface area contributed by atoms with Gasteiger partial charge in [-0.1, -0.05) is 181 Å². The van der Waals surface area contributed by atoms with Gasteiger partial charge in [-0.15, -0.1) is 0 Å². The van der Waals surface area contributed by atoms with Gasteiger partial charge in [-0.3, -0.25) is 0 Å². The third kappa shape index (κ3) is 39.1. The molecule has 0 heterocycles. The lowest BCUT2D eigenvalue weighted by Crippen LogP contribution is -2.79. The highest BCUT2D eigenvalue weighted by atomic mass is 79.9. The fraction of sp³-hybridized carbons (Fsp3) is 1.00. The SMILES string of the molecule is C[Si](C)(CCCBr)OC(O[Si](C)(C)CCCBr)(O[Si](C)(C)CCCBr)[Si](C)(CCC[SiH3])O[Si](C)(O[Si](C)(CCC[SiH3])C(O[Si](C)(C)CCCBr)(O[Si](C)(C)CCCBr)O[Si](C)(C)CCCBr)O[Si](C)(CCC[SiH3])C(O[Si](C)(C)CCCBr)(O[Si](C)(C)CCCBr)O[Si](C)(C)CCCBr. The Hall–Kier alpha value is 7.31. The van der Waals surface area contributed by atoms with Gasteiger partial charge in [-0.25, -0.2) is 0 Å². The summed E-state index contributed by atoms with van der Waals surface area (Å²) in [6, 6.07) is 13.7. The zero-order chi connectivity index (χ0) is 75.9. The molecule has 0 radical (unpaired) electrons. The van der Waals surface area contributed by atoms with Crippen LogP contribution in [0.25, 0.3) is 0 Å². The summed E-state index contributed by atoms with van der Waals surface area (Å²) >= 11 is 34.9. The van der Waals surface area contributed by atoms with Crippen molar-refractivity contribution in [1.82, 2.24) is 0 Å². The van der Waals surface area contributed by atoms with E-state index in [1.807, 2.05) is 0 Å². The molecule has 0 aromatic rings. The van der Waals surface area contributed by atoms with E-state index in [9.17, 15) is 0 Å². The van der Waals surface area contributed by atoms with Crippen LogP contribution in [0.5, 0.6) is 0 Å². The largest absolute Gasteiger partial charge is 0.466 e. The van der Waals surface area contributed by atoms with Crippen molar-refractivity contribution >= 4 is 283 Å². The molecule has 0 amide bonds. The first-order valence-electron chi connectivity index (χ1n) is 37.4. The summed E-state index contributed by atoms with van der Waals surface area (Å²) in [4.78, 5) is 0. The molecule has 0 bridgehead atoms. The molecule has 37 heteroatoms. The highest BCUT2D eigenvalue weighted by Crippen LogP contribution is 2.52. The normalized spacial score (nSPS) is 16.8. The lowest BCUT2D eigenvalue weighted by molar-refractivity contribution is -0.225. The molecule has 590 valence electrons. The smallest absolute Gasteiger partial charge is 0.409 e. The summed E-state index contributed by atoms with van der Waals surface area (Å²) in [5.74, 6) is 0. The van der Waals surface area contributed by atoms with E-state index in [1.54, 1.807) is 0 Å². The van der Waals surface area contributed by atoms with Crippen molar-refractivity contribution < 1.29 is 52.2 Å². The maximum atomic E-state index is 9.15. The van der Waals surface area contributed by atoms with Crippen LogP contribution in [0.2, 0.25) is 235 Å². The van der Waals surface area contributed by atoms with E-state index in [2.05, 4.69) is 287 Å². The Morgan fingerprint density at radius 2 is 0.327 bits per heavy atom. The maximum absolute atomic E-state index is 9.15. The van der Waals surface area contributed by atoms with E-state index < -0.39 is 125 Å². The van der Waals surface area contributed by atoms with Crippen molar-refractivity contribution in [3.05, 3.63) is 0 Å². The molecule has 0 aliphatic heterocycles. The molecule has 3 unspecified atom stereocenters. The highest BCUT2D eigenvalue weighted by molar-refractivity contribution is 9.10. The van der Waals surface area contributed by atoms with E-state index in [4.69, 9.17) is 52.2 Å². The Labute approximate surface area is 702 Å². The van der Waals surface area contributed by atoms with Gasteiger partial charge in [-0.05, 0) is 268 Å². The number of rotatable bonds is 63. The second-order valence-corrected chi connectivity index (χ2v) is 96.8. The average molecular weight is 2240 g/mol. The molecule has 0 N–H and O–H groups in total. The van der Waals surface area contributed by atoms with Crippen LogP contribution in [0.15, 0.2) is 0 Å². The van der Waals surface area contributed by atoms with Crippen molar-refractivity contribution in [3.8, 4) is 0 Å². The van der Waals surface area contributed by atoms with Crippen molar-refractivity contribution in [2.24, 2.45) is 0 Å². The van der Waals surface area contributed by atoms with Crippen LogP contribution in [-0.2, 0) is 52.2 Å². The van der Waals surface area contributed by atoms with Gasteiger partial charge in [0.25, 0.3) is 41.7 Å². The van der Waals surface area contributed by atoms with Gasteiger partial charge in [0.1, 0.15) is 0 Å². The average Bonchev–Trinajstić information content (AvgIpc) is 0.726. The van der Waals surface area contributed by atoms with Crippen LogP contribution in [-0.4, -0.2) is 204 Å². The Morgan fingerprint density at radius 3 is 0.429 bits per heavy atom. The number of hydrogen-bond donors (Lipinski definition) is 0. The quantitative estimate of drug-likeness (QED) is 0.0328. The van der Waals surface area contributed by atoms with E-state index in [-0.39, 0.29) is 0 Å². The number of hydrogen-bond acceptors (Lipinski definition) is 12. The van der Waals surface area contributed by atoms with Crippen LogP contribution >= 0.6 is 143 Å². The van der Waals surface area contributed by atoms with Gasteiger partial charge in [0.15, 0.2) is 74.9 Å². The molecule has 3 atom stereocenters. The highest BCUT2D eigenvalue weighted by Gasteiger charge is 2.72. The van der Waals surface area contributed by atoms with Crippen LogP contribution < -0.4 is 0 Å². The first kappa shape index (κ1) is 105. The van der Waals surface area contributed by atoms with Crippen LogP contribution in [0, 0.1) is 0 Å². The first-order chi connectivity index (χ1) is 45.0. The molecule has 0 aromatic heterocycles. The minimum absolute atomic E-state index is 0.721. The van der Waals surface area contributed by atoms with Crippen LogP contribution in [0.4, 0.5) is 0 Å². The fourth-order valence-corrected chi connectivity index (χ4v) is 74.9. The Morgan fingerprint density at radius 1 is 0.204 bits per heavy atom. The monoisotopic (exact) mass is 2230 g/mol. The van der Waals surface area contributed by atoms with Gasteiger partial charge in [0, 0.05) is 85.2 Å². The third-order valence-corrected chi connectivity index (χ3v) is 67.1. The molecule has 0 aliphatic rings. The second kappa shape index (κ2) is 48.6. The van der Waals surface area contributed by atoms with Crippen molar-refractivity contribution in [3.63, 3.8) is 0 Å². The third-order valence-electron chi connectivity index (χ3n) is 18.1. The second-order valence-electron chi connectivity index (χ2n) is 33.7. The fourth-order valence-electron chi connectivity index (χ4n) is 13.0. The minimum atomic E-state index is -4.47. The zero-order valence-electron chi connectivity index (χ0n) is 66.8. The van der Waals surface area contributed by atoms with Gasteiger partial charge in [0.2, 0.25) is 0 Å². The summed E-state index contributed by atoms with van der Waals surface area (Å²) in [7, 11) is -37.2. The molecule has 0 saturated carbocycles. The van der Waals surface area contributed by atoms with Gasteiger partial charge in [0.05, 0.1) is 0 Å². The molecule has 0 spiro atoms. The van der Waals surface area contributed by atoms with Crippen LogP contribution in [0.3, 0.4) is 0 Å². The van der Waals surface area contributed by atoms with Gasteiger partial charge < -0.3 is 52.2 Å². The predicted molar refractivity (Wildman–Crippen MR) is 506 cm³/mol. The van der Waals surface area contributed by atoms with Gasteiger partial charge in [-0.2, -0.15) is 0 Å². The van der Waals surface area contributed by atoms with E-state index in [1.165, 1.54) is 0 Å². The Kier molecular flexibility index (Phi) is 52.3. The maximum Gasteiger partial charge on any atom is 0.466 e. The predicted octanol–water partition coefficient (Wildman–Crippen LogP) is 22.5. The molecule has 0 rings (SSSR count). The summed E-state index contributed by atoms with van der Waals surface area (Å²) < 4.78 is 103. The molecule has 12 nitrogen and oxygen atoms in total. The number of alkyl halides is 9. The first-order valence-corrected chi connectivity index (χ1v) is 89.9. The topological polar surface area (TPSA) is 111 Å². The molecular weight excluding hydrogens is 2090 g/mol. The summed E-state index contributed by atoms with van der Waals surface area (Å²) in [6.45, 7) is 52.7. The summed E-state index contributed by atoms with van der Waals surface area (Å²) in [5.41, 5.74) is -4.59. The van der Waals surface area contributed by atoms with Crippen molar-refractivity contribution in [1.29, 1.82) is 0 Å². The van der Waals surface area contributed by atoms with E-state index >= 15 is 0 Å². The Bertz CT molecular complexity index is 1780. The number of halogens is 9. The van der Waals surface area contributed by atoms with Crippen molar-refractivity contribution in [2.45, 2.75) is 329 Å². The lowest BCUT2D eigenvalue weighted by atomic mass is 10.6. The molecule has 0 saturated heterocycles. The Balaban J connectivity index is 11.4. The minimum Gasteiger partial charge on any atom is -0.409 e. The molecule has 0 aliphatic carbocycles. The standard InChI is InChI=1S/C61H147Br9O12Si16/c1-86(2,47-23-35-62)71-59(72-87(3,4)48-24-36-63,73-88(5,6)49-25-37-64)95(19,56-32-44-83)80-98(22,81-96(20,57-33-45-84)60(74-89(7,8)50-26-38-65,75-90(9,10)51-27-39-66)76-91(11,12)52-28-40-67)82-97(21,58-34-46-85)61(77-92(13,14)53-29-41-68,78-93(15,16)54-30-42-69)79-94(17,18)55-31-43-70/h23-58H2,1-22,83-85H3.